The van der Waals surface area contributed by atoms with Gasteiger partial charge in [-0.25, -0.2) is 0 Å². The van der Waals surface area contributed by atoms with Gasteiger partial charge in [0, 0.05) is 10.6 Å². The fraction of sp³-hybridized carbons (Fsp3) is 0.167. The zero-order valence-corrected chi connectivity index (χ0v) is 15.1. The molecule has 0 unspecified atom stereocenters. The first-order valence-corrected chi connectivity index (χ1v) is 8.12. The van der Waals surface area contributed by atoms with Gasteiger partial charge >= 0.3 is 0 Å². The summed E-state index contributed by atoms with van der Waals surface area (Å²) in [4.78, 5) is 0. The maximum atomic E-state index is 9.94. The van der Waals surface area contributed by atoms with Crippen LogP contribution in [0.15, 0.2) is 40.9 Å². The third-order valence-electron chi connectivity index (χ3n) is 3.78. The van der Waals surface area contributed by atoms with E-state index >= 15 is 0 Å². The van der Waals surface area contributed by atoms with Crippen LogP contribution in [0.4, 0.5) is 0 Å². The van der Waals surface area contributed by atoms with Gasteiger partial charge in [0.1, 0.15) is 17.2 Å². The van der Waals surface area contributed by atoms with Gasteiger partial charge in [-0.3, -0.25) is 0 Å². The molecule has 2 aromatic carbocycles. The number of ether oxygens (including phenoxy) is 2. The monoisotopic (exact) mass is 379 g/mol. The first-order valence-electron chi connectivity index (χ1n) is 7.36. The topological polar surface area (TPSA) is 64.7 Å². The lowest BCUT2D eigenvalue weighted by atomic mass is 10.0. The van der Waals surface area contributed by atoms with Crippen LogP contribution in [-0.4, -0.2) is 24.5 Å². The second-order valence-electron chi connectivity index (χ2n) is 5.16. The summed E-state index contributed by atoms with van der Waals surface area (Å²) in [5.41, 5.74) is 2.02. The van der Waals surface area contributed by atoms with Crippen molar-refractivity contribution in [1.29, 1.82) is 0 Å². The maximum absolute atomic E-state index is 9.94. The van der Waals surface area contributed by atoms with E-state index in [1.165, 1.54) is 0 Å². The number of aliphatic hydroxyl groups is 1. The summed E-state index contributed by atoms with van der Waals surface area (Å²) in [5.74, 6) is 1.44. The number of rotatable bonds is 5. The Kier molecular flexibility index (Phi) is 5.18. The molecule has 0 saturated heterocycles. The summed E-state index contributed by atoms with van der Waals surface area (Å²) in [6.45, 7) is -0.307. The Hall–Kier alpha value is -2.21. The highest BCUT2D eigenvalue weighted by atomic mass is 35.5. The van der Waals surface area contributed by atoms with E-state index in [1.54, 1.807) is 50.6 Å². The molecule has 130 valence electrons. The molecule has 25 heavy (non-hydrogen) atoms. The lowest BCUT2D eigenvalue weighted by Gasteiger charge is -2.12. The second kappa shape index (κ2) is 7.35. The average Bonchev–Trinajstić information content (AvgIpc) is 3.06. The smallest absolute Gasteiger partial charge is 0.174 e. The molecule has 0 saturated carbocycles. The van der Waals surface area contributed by atoms with Gasteiger partial charge in [-0.1, -0.05) is 34.4 Å². The van der Waals surface area contributed by atoms with Crippen molar-refractivity contribution in [3.63, 3.8) is 0 Å². The predicted octanol–water partition coefficient (Wildman–Crippen LogP) is 4.82. The second-order valence-corrected chi connectivity index (χ2v) is 6.00. The molecule has 0 fully saturated rings. The van der Waals surface area contributed by atoms with Gasteiger partial charge in [-0.15, -0.1) is 0 Å². The Labute approximate surface area is 154 Å². The summed E-state index contributed by atoms with van der Waals surface area (Å²) >= 11 is 12.3. The molecule has 0 aliphatic carbocycles. The molecule has 1 aromatic heterocycles. The van der Waals surface area contributed by atoms with E-state index in [9.17, 15) is 5.11 Å². The molecule has 0 aliphatic rings. The number of halogens is 2. The van der Waals surface area contributed by atoms with E-state index in [2.05, 4.69) is 5.16 Å². The fourth-order valence-electron chi connectivity index (χ4n) is 2.62. The van der Waals surface area contributed by atoms with Crippen molar-refractivity contribution in [2.75, 3.05) is 14.2 Å². The third-order valence-corrected chi connectivity index (χ3v) is 4.35. The Morgan fingerprint density at radius 1 is 1.08 bits per heavy atom. The highest BCUT2D eigenvalue weighted by Crippen LogP contribution is 2.43. The molecule has 3 rings (SSSR count). The molecule has 1 heterocycles. The highest BCUT2D eigenvalue weighted by molar-refractivity contribution is 6.35. The largest absolute Gasteiger partial charge is 0.496 e. The quantitative estimate of drug-likeness (QED) is 0.687. The third kappa shape index (κ3) is 3.18. The molecular weight excluding hydrogens is 365 g/mol. The number of aliphatic hydroxyl groups excluding tert-OH is 1. The zero-order chi connectivity index (χ0) is 18.0. The van der Waals surface area contributed by atoms with Crippen molar-refractivity contribution in [2.45, 2.75) is 6.61 Å². The number of hydrogen-bond acceptors (Lipinski definition) is 5. The Bertz CT molecular complexity index is 886. The number of benzene rings is 2. The van der Waals surface area contributed by atoms with Crippen LogP contribution < -0.4 is 9.47 Å². The van der Waals surface area contributed by atoms with Gasteiger partial charge in [-0.2, -0.15) is 0 Å². The number of methoxy groups -OCH3 is 2. The molecule has 0 amide bonds. The van der Waals surface area contributed by atoms with E-state index in [0.29, 0.717) is 49.7 Å². The standard InChI is InChI=1S/C18H15Cl2NO4/c1-23-14-4-3-5-15(24-2)16(14)17-12(9-22)18(25-21-17)11-8-10(19)6-7-13(11)20/h3-8,22H,9H2,1-2H3. The lowest BCUT2D eigenvalue weighted by Crippen LogP contribution is -1.96. The number of aromatic nitrogens is 1. The highest BCUT2D eigenvalue weighted by Gasteiger charge is 2.25. The molecule has 0 bridgehead atoms. The summed E-state index contributed by atoms with van der Waals surface area (Å²) in [6, 6.07) is 10.3. The van der Waals surface area contributed by atoms with E-state index in [0.717, 1.165) is 0 Å². The summed E-state index contributed by atoms with van der Waals surface area (Å²) in [7, 11) is 3.09. The minimum Gasteiger partial charge on any atom is -0.496 e. The summed E-state index contributed by atoms with van der Waals surface area (Å²) in [6.07, 6.45) is 0. The first-order chi connectivity index (χ1) is 12.1. The van der Waals surface area contributed by atoms with E-state index in [1.807, 2.05) is 0 Å². The number of nitrogens with zero attached hydrogens (tertiary/aromatic N) is 1. The molecule has 5 nitrogen and oxygen atoms in total. The molecule has 3 aromatic rings. The van der Waals surface area contributed by atoms with Gasteiger partial charge in [-0.05, 0) is 30.3 Å². The normalized spacial score (nSPS) is 10.8. The molecule has 0 atom stereocenters. The van der Waals surface area contributed by atoms with Crippen LogP contribution in [-0.2, 0) is 6.61 Å². The van der Waals surface area contributed by atoms with Gasteiger partial charge in [0.05, 0.1) is 37.0 Å². The van der Waals surface area contributed by atoms with Crippen LogP contribution in [0.3, 0.4) is 0 Å². The summed E-state index contributed by atoms with van der Waals surface area (Å²) < 4.78 is 16.3. The van der Waals surface area contributed by atoms with Crippen LogP contribution in [0.5, 0.6) is 11.5 Å². The van der Waals surface area contributed by atoms with Gasteiger partial charge in [0.15, 0.2) is 5.76 Å². The van der Waals surface area contributed by atoms with Crippen molar-refractivity contribution in [1.82, 2.24) is 5.16 Å². The van der Waals surface area contributed by atoms with Crippen molar-refractivity contribution < 1.29 is 19.1 Å². The predicted molar refractivity (Wildman–Crippen MR) is 96.4 cm³/mol. The van der Waals surface area contributed by atoms with E-state index in [4.69, 9.17) is 37.2 Å². The molecule has 1 N–H and O–H groups in total. The maximum Gasteiger partial charge on any atom is 0.174 e. The molecule has 0 spiro atoms. The van der Waals surface area contributed by atoms with Crippen LogP contribution in [0.25, 0.3) is 22.6 Å². The SMILES string of the molecule is COc1cccc(OC)c1-c1noc(-c2cc(Cl)ccc2Cl)c1CO. The first kappa shape index (κ1) is 17.6. The van der Waals surface area contributed by atoms with Crippen molar-refractivity contribution in [3.8, 4) is 34.1 Å². The molecule has 0 radical (unpaired) electrons. The van der Waals surface area contributed by atoms with Crippen LogP contribution in [0.2, 0.25) is 10.0 Å². The molecule has 7 heteroatoms. The average molecular weight is 380 g/mol. The number of hydrogen-bond donors (Lipinski definition) is 1. The zero-order valence-electron chi connectivity index (χ0n) is 13.5. The van der Waals surface area contributed by atoms with Crippen LogP contribution >= 0.6 is 23.2 Å². The van der Waals surface area contributed by atoms with Crippen LogP contribution in [0.1, 0.15) is 5.56 Å². The fourth-order valence-corrected chi connectivity index (χ4v) is 3.00. The van der Waals surface area contributed by atoms with Crippen LogP contribution in [0, 0.1) is 0 Å². The molecule has 0 aliphatic heterocycles. The molecular formula is C18H15Cl2NO4. The van der Waals surface area contributed by atoms with Crippen molar-refractivity contribution in [2.24, 2.45) is 0 Å². The van der Waals surface area contributed by atoms with Gasteiger partial charge in [0.2, 0.25) is 0 Å². The van der Waals surface area contributed by atoms with Crippen molar-refractivity contribution >= 4 is 23.2 Å². The van der Waals surface area contributed by atoms with Crippen molar-refractivity contribution in [3.05, 3.63) is 52.0 Å². The van der Waals surface area contributed by atoms with E-state index < -0.39 is 0 Å². The van der Waals surface area contributed by atoms with Gasteiger partial charge < -0.3 is 19.1 Å². The van der Waals surface area contributed by atoms with Gasteiger partial charge in [0.25, 0.3) is 0 Å². The summed E-state index contributed by atoms with van der Waals surface area (Å²) in [5, 5.41) is 15.0. The van der Waals surface area contributed by atoms with E-state index in [-0.39, 0.29) is 6.61 Å². The Morgan fingerprint density at radius 2 is 1.76 bits per heavy atom. The minimum absolute atomic E-state index is 0.307. The Balaban J connectivity index is 2.25. The Morgan fingerprint density at radius 3 is 2.36 bits per heavy atom. The minimum atomic E-state index is -0.307. The lowest BCUT2D eigenvalue weighted by molar-refractivity contribution is 0.281.